The van der Waals surface area contributed by atoms with Gasteiger partial charge in [-0.3, -0.25) is 4.68 Å². The van der Waals surface area contributed by atoms with E-state index in [4.69, 9.17) is 0 Å². The SMILES string of the molecule is CC1(Cn2nc(C3CC3)c(C(F)(F)F)c2C(=O)O)CC(F)(F)C1. The molecule has 1 heterocycles. The highest BCUT2D eigenvalue weighted by molar-refractivity contribution is 5.88. The fourth-order valence-electron chi connectivity index (χ4n) is 3.40. The zero-order valence-electron chi connectivity index (χ0n) is 12.3. The Morgan fingerprint density at radius 1 is 1.35 bits per heavy atom. The number of carbonyl (C=O) groups is 1. The summed E-state index contributed by atoms with van der Waals surface area (Å²) in [4.78, 5) is 11.4. The maximum Gasteiger partial charge on any atom is 0.420 e. The van der Waals surface area contributed by atoms with Crippen molar-refractivity contribution in [2.24, 2.45) is 5.41 Å². The number of hydrogen-bond acceptors (Lipinski definition) is 2. The Bertz CT molecular complexity index is 653. The van der Waals surface area contributed by atoms with Gasteiger partial charge in [0.15, 0.2) is 5.69 Å². The topological polar surface area (TPSA) is 55.1 Å². The summed E-state index contributed by atoms with van der Waals surface area (Å²) in [5.41, 5.74) is -3.41. The molecule has 2 aliphatic rings. The van der Waals surface area contributed by atoms with E-state index < -0.39 is 53.5 Å². The lowest BCUT2D eigenvalue weighted by molar-refractivity contribution is -0.160. The zero-order valence-corrected chi connectivity index (χ0v) is 12.3. The fraction of sp³-hybridized carbons (Fsp3) is 0.714. The normalized spacial score (nSPS) is 22.7. The summed E-state index contributed by atoms with van der Waals surface area (Å²) in [6.07, 6.45) is -4.77. The molecular formula is C14H15F5N2O2. The summed E-state index contributed by atoms with van der Waals surface area (Å²) < 4.78 is 66.8. The van der Waals surface area contributed by atoms with Crippen LogP contribution in [0.5, 0.6) is 0 Å². The van der Waals surface area contributed by atoms with E-state index >= 15 is 0 Å². The third kappa shape index (κ3) is 2.92. The Labute approximate surface area is 128 Å². The first-order chi connectivity index (χ1) is 10.4. The fourth-order valence-corrected chi connectivity index (χ4v) is 3.40. The smallest absolute Gasteiger partial charge is 0.420 e. The van der Waals surface area contributed by atoms with Crippen LogP contribution >= 0.6 is 0 Å². The first-order valence-corrected chi connectivity index (χ1v) is 7.21. The van der Waals surface area contributed by atoms with Gasteiger partial charge in [-0.15, -0.1) is 0 Å². The summed E-state index contributed by atoms with van der Waals surface area (Å²) in [6.45, 7) is 1.24. The van der Waals surface area contributed by atoms with Crippen LogP contribution in [0.1, 0.15) is 60.3 Å². The molecule has 2 aliphatic carbocycles. The van der Waals surface area contributed by atoms with Crippen LogP contribution in [0.3, 0.4) is 0 Å². The molecule has 1 aromatic heterocycles. The molecule has 3 rings (SSSR count). The molecule has 4 nitrogen and oxygen atoms in total. The van der Waals surface area contributed by atoms with Crippen LogP contribution in [-0.4, -0.2) is 26.8 Å². The molecule has 1 N–H and O–H groups in total. The minimum Gasteiger partial charge on any atom is -0.477 e. The van der Waals surface area contributed by atoms with Crippen molar-refractivity contribution in [1.82, 2.24) is 9.78 Å². The largest absolute Gasteiger partial charge is 0.477 e. The molecule has 0 aromatic carbocycles. The van der Waals surface area contributed by atoms with E-state index in [-0.39, 0.29) is 12.2 Å². The van der Waals surface area contributed by atoms with Crippen LogP contribution in [0.4, 0.5) is 22.0 Å². The quantitative estimate of drug-likeness (QED) is 0.847. The molecule has 2 saturated carbocycles. The van der Waals surface area contributed by atoms with Gasteiger partial charge in [0, 0.05) is 25.3 Å². The molecule has 0 radical (unpaired) electrons. The number of aromatic carboxylic acids is 1. The maximum atomic E-state index is 13.3. The van der Waals surface area contributed by atoms with E-state index in [0.717, 1.165) is 4.68 Å². The average Bonchev–Trinajstić information content (AvgIpc) is 3.06. The molecule has 1 aromatic rings. The van der Waals surface area contributed by atoms with Gasteiger partial charge in [0.1, 0.15) is 5.56 Å². The van der Waals surface area contributed by atoms with E-state index in [0.29, 0.717) is 12.8 Å². The molecule has 0 aliphatic heterocycles. The van der Waals surface area contributed by atoms with Gasteiger partial charge in [0.05, 0.1) is 5.69 Å². The van der Waals surface area contributed by atoms with Gasteiger partial charge in [-0.2, -0.15) is 18.3 Å². The average molecular weight is 338 g/mol. The van der Waals surface area contributed by atoms with Crippen LogP contribution in [0.2, 0.25) is 0 Å². The van der Waals surface area contributed by atoms with E-state index in [1.54, 1.807) is 0 Å². The number of carboxylic acids is 1. The molecule has 0 saturated heterocycles. The molecular weight excluding hydrogens is 323 g/mol. The van der Waals surface area contributed by atoms with Crippen molar-refractivity contribution in [2.75, 3.05) is 0 Å². The standard InChI is InChI=1S/C14H15F5N2O2/c1-12(4-13(15,16)5-12)6-21-10(11(22)23)8(14(17,18)19)9(20-21)7-2-3-7/h7H,2-6H2,1H3,(H,22,23). The third-order valence-electron chi connectivity index (χ3n) is 4.33. The molecule has 0 atom stereocenters. The summed E-state index contributed by atoms with van der Waals surface area (Å²) in [7, 11) is 0. The summed E-state index contributed by atoms with van der Waals surface area (Å²) in [5, 5.41) is 13.1. The predicted molar refractivity (Wildman–Crippen MR) is 68.5 cm³/mol. The van der Waals surface area contributed by atoms with E-state index in [1.165, 1.54) is 6.92 Å². The lowest BCUT2D eigenvalue weighted by Gasteiger charge is -2.44. The highest BCUT2D eigenvalue weighted by atomic mass is 19.4. The van der Waals surface area contributed by atoms with Crippen LogP contribution in [0, 0.1) is 5.41 Å². The summed E-state index contributed by atoms with van der Waals surface area (Å²) in [5.74, 6) is -5.00. The molecule has 9 heteroatoms. The Balaban J connectivity index is 2.02. The molecule has 23 heavy (non-hydrogen) atoms. The third-order valence-corrected chi connectivity index (χ3v) is 4.33. The van der Waals surface area contributed by atoms with Crippen molar-refractivity contribution in [1.29, 1.82) is 0 Å². The second kappa shape index (κ2) is 4.67. The molecule has 2 fully saturated rings. The van der Waals surface area contributed by atoms with Crippen molar-refractivity contribution < 1.29 is 31.9 Å². The Morgan fingerprint density at radius 2 is 1.91 bits per heavy atom. The van der Waals surface area contributed by atoms with Crippen LogP contribution in [0.15, 0.2) is 0 Å². The van der Waals surface area contributed by atoms with Crippen LogP contribution < -0.4 is 0 Å². The van der Waals surface area contributed by atoms with Crippen molar-refractivity contribution in [3.63, 3.8) is 0 Å². The lowest BCUT2D eigenvalue weighted by atomic mass is 9.67. The molecule has 0 bridgehead atoms. The minimum atomic E-state index is -4.84. The molecule has 128 valence electrons. The first kappa shape index (κ1) is 16.2. The van der Waals surface area contributed by atoms with Gasteiger partial charge in [-0.05, 0) is 18.3 Å². The number of nitrogens with zero attached hydrogens (tertiary/aromatic N) is 2. The first-order valence-electron chi connectivity index (χ1n) is 7.21. The van der Waals surface area contributed by atoms with Gasteiger partial charge in [-0.25, -0.2) is 13.6 Å². The monoisotopic (exact) mass is 338 g/mol. The second-order valence-corrected chi connectivity index (χ2v) is 6.86. The van der Waals surface area contributed by atoms with E-state index in [1.807, 2.05) is 0 Å². The zero-order chi connectivity index (χ0) is 17.2. The van der Waals surface area contributed by atoms with Crippen LogP contribution in [0.25, 0.3) is 0 Å². The van der Waals surface area contributed by atoms with Gasteiger partial charge in [0.25, 0.3) is 0 Å². The molecule has 0 unspecified atom stereocenters. The van der Waals surface area contributed by atoms with Gasteiger partial charge in [-0.1, -0.05) is 6.92 Å². The maximum absolute atomic E-state index is 13.3. The van der Waals surface area contributed by atoms with E-state index in [2.05, 4.69) is 5.10 Å². The number of aromatic nitrogens is 2. The van der Waals surface area contributed by atoms with Crippen molar-refractivity contribution in [3.8, 4) is 0 Å². The number of rotatable bonds is 4. The minimum absolute atomic E-state index is 0.264. The van der Waals surface area contributed by atoms with Crippen LogP contribution in [-0.2, 0) is 12.7 Å². The molecule has 0 amide bonds. The summed E-state index contributed by atoms with van der Waals surface area (Å²) >= 11 is 0. The van der Waals surface area contributed by atoms with Gasteiger partial charge < -0.3 is 5.11 Å². The van der Waals surface area contributed by atoms with Crippen molar-refractivity contribution in [3.05, 3.63) is 17.0 Å². The number of carboxylic acid groups (broad SMARTS) is 1. The Hall–Kier alpha value is -1.67. The van der Waals surface area contributed by atoms with Crippen molar-refractivity contribution >= 4 is 5.97 Å². The number of alkyl halides is 5. The van der Waals surface area contributed by atoms with Gasteiger partial charge >= 0.3 is 12.1 Å². The predicted octanol–water partition coefficient (Wildman–Crippen LogP) is 3.91. The second-order valence-electron chi connectivity index (χ2n) is 6.86. The van der Waals surface area contributed by atoms with E-state index in [9.17, 15) is 31.9 Å². The number of halogens is 5. The lowest BCUT2D eigenvalue weighted by Crippen LogP contribution is -2.47. The van der Waals surface area contributed by atoms with Gasteiger partial charge in [0.2, 0.25) is 5.92 Å². The van der Waals surface area contributed by atoms with Crippen molar-refractivity contribution in [2.45, 2.75) is 57.2 Å². The summed E-state index contributed by atoms with van der Waals surface area (Å²) in [6, 6.07) is 0. The number of hydrogen-bond donors (Lipinski definition) is 1. The molecule has 0 spiro atoms. The Kier molecular flexibility index (Phi) is 3.29. The Morgan fingerprint density at radius 3 is 2.30 bits per heavy atom. The highest BCUT2D eigenvalue weighted by Crippen LogP contribution is 2.53. The highest BCUT2D eigenvalue weighted by Gasteiger charge is 2.55.